The first-order valence-electron chi connectivity index (χ1n) is 6.63. The third-order valence-electron chi connectivity index (χ3n) is 3.93. The number of carbonyl (C=O) groups is 3. The van der Waals surface area contributed by atoms with Crippen LogP contribution in [0.3, 0.4) is 0 Å². The van der Waals surface area contributed by atoms with Gasteiger partial charge in [0.1, 0.15) is 5.69 Å². The second-order valence-corrected chi connectivity index (χ2v) is 5.22. The Morgan fingerprint density at radius 1 is 1.33 bits per heavy atom. The van der Waals surface area contributed by atoms with E-state index in [2.05, 4.69) is 5.32 Å². The molecule has 1 aliphatic rings. The molecule has 1 fully saturated rings. The number of carboxylic acid groups (broad SMARTS) is 1. The molecular formula is C15H14N2O4. The van der Waals surface area contributed by atoms with E-state index in [1.54, 1.807) is 23.7 Å². The average molecular weight is 286 g/mol. The van der Waals surface area contributed by atoms with Crippen molar-refractivity contribution in [3.8, 4) is 0 Å². The topological polar surface area (TPSA) is 88.4 Å². The Labute approximate surface area is 120 Å². The third kappa shape index (κ3) is 2.18. The van der Waals surface area contributed by atoms with Gasteiger partial charge in [-0.05, 0) is 24.1 Å². The van der Waals surface area contributed by atoms with Gasteiger partial charge in [-0.25, -0.2) is 4.79 Å². The van der Waals surface area contributed by atoms with Crippen molar-refractivity contribution in [2.24, 2.45) is 7.05 Å². The fraction of sp³-hybridized carbons (Fsp3) is 0.267. The number of rotatable bonds is 2. The number of hydrogen-bond donors (Lipinski definition) is 2. The molecule has 1 saturated heterocycles. The van der Waals surface area contributed by atoms with Gasteiger partial charge in [-0.2, -0.15) is 0 Å². The van der Waals surface area contributed by atoms with Gasteiger partial charge in [-0.1, -0.05) is 12.1 Å². The zero-order valence-electron chi connectivity index (χ0n) is 11.4. The van der Waals surface area contributed by atoms with E-state index in [0.717, 1.165) is 16.5 Å². The molecule has 1 atom stereocenters. The summed E-state index contributed by atoms with van der Waals surface area (Å²) in [4.78, 5) is 34.2. The molecule has 0 spiro atoms. The monoisotopic (exact) mass is 286 g/mol. The molecule has 2 heterocycles. The summed E-state index contributed by atoms with van der Waals surface area (Å²) in [6.45, 7) is 0. The maximum atomic E-state index is 11.9. The number of carboxylic acids is 1. The Bertz CT molecular complexity index is 775. The second-order valence-electron chi connectivity index (χ2n) is 5.22. The van der Waals surface area contributed by atoms with Gasteiger partial charge in [0.05, 0.1) is 5.92 Å². The van der Waals surface area contributed by atoms with Crippen LogP contribution in [-0.2, 0) is 16.6 Å². The molecule has 2 aromatic rings. The summed E-state index contributed by atoms with van der Waals surface area (Å²) < 4.78 is 1.59. The Kier molecular flexibility index (Phi) is 3.01. The lowest BCUT2D eigenvalue weighted by Crippen LogP contribution is -2.39. The van der Waals surface area contributed by atoms with Crippen LogP contribution in [0.25, 0.3) is 10.9 Å². The van der Waals surface area contributed by atoms with Gasteiger partial charge in [0, 0.05) is 24.4 Å². The number of benzene rings is 1. The molecule has 3 rings (SSSR count). The lowest BCUT2D eigenvalue weighted by molar-refractivity contribution is -0.134. The van der Waals surface area contributed by atoms with E-state index in [1.165, 1.54) is 0 Å². The fourth-order valence-electron chi connectivity index (χ4n) is 2.78. The van der Waals surface area contributed by atoms with Crippen molar-refractivity contribution in [2.75, 3.05) is 0 Å². The van der Waals surface area contributed by atoms with Gasteiger partial charge < -0.3 is 9.67 Å². The van der Waals surface area contributed by atoms with Crippen LogP contribution < -0.4 is 5.32 Å². The maximum absolute atomic E-state index is 11.9. The first-order valence-corrected chi connectivity index (χ1v) is 6.63. The van der Waals surface area contributed by atoms with Crippen molar-refractivity contribution in [2.45, 2.75) is 18.8 Å². The smallest absolute Gasteiger partial charge is 0.352 e. The summed E-state index contributed by atoms with van der Waals surface area (Å²) >= 11 is 0. The van der Waals surface area contributed by atoms with Crippen molar-refractivity contribution in [3.05, 3.63) is 35.5 Å². The van der Waals surface area contributed by atoms with E-state index in [-0.39, 0.29) is 23.4 Å². The van der Waals surface area contributed by atoms with Crippen LogP contribution in [0.1, 0.15) is 34.8 Å². The van der Waals surface area contributed by atoms with Gasteiger partial charge in [0.2, 0.25) is 11.8 Å². The van der Waals surface area contributed by atoms with Crippen molar-refractivity contribution >= 4 is 28.7 Å². The number of fused-ring (bicyclic) bond motifs is 1. The normalized spacial score (nSPS) is 18.8. The Hall–Kier alpha value is -2.63. The number of nitrogens with zero attached hydrogens (tertiary/aromatic N) is 1. The number of imide groups is 1. The number of hydrogen-bond acceptors (Lipinski definition) is 3. The Morgan fingerprint density at radius 2 is 2.10 bits per heavy atom. The van der Waals surface area contributed by atoms with E-state index < -0.39 is 5.97 Å². The zero-order chi connectivity index (χ0) is 15.1. The highest BCUT2D eigenvalue weighted by molar-refractivity contribution is 6.01. The van der Waals surface area contributed by atoms with E-state index in [1.807, 2.05) is 12.1 Å². The Morgan fingerprint density at radius 3 is 2.76 bits per heavy atom. The Balaban J connectivity index is 2.05. The average Bonchev–Trinajstić information content (AvgIpc) is 2.76. The largest absolute Gasteiger partial charge is 0.477 e. The summed E-state index contributed by atoms with van der Waals surface area (Å²) in [6.07, 6.45) is 0.800. The second kappa shape index (κ2) is 4.73. The van der Waals surface area contributed by atoms with E-state index in [4.69, 9.17) is 5.11 Å². The SMILES string of the molecule is Cn1c(C(=O)O)cc2ccc(C3CCC(=O)NC3=O)cc21. The number of carbonyl (C=O) groups excluding carboxylic acids is 2. The molecule has 2 N–H and O–H groups in total. The first-order chi connectivity index (χ1) is 9.97. The molecule has 0 radical (unpaired) electrons. The highest BCUT2D eigenvalue weighted by atomic mass is 16.4. The van der Waals surface area contributed by atoms with E-state index in [0.29, 0.717) is 12.8 Å². The van der Waals surface area contributed by atoms with Gasteiger partial charge in [-0.15, -0.1) is 0 Å². The van der Waals surface area contributed by atoms with Crippen LogP contribution in [0, 0.1) is 0 Å². The molecule has 1 unspecified atom stereocenters. The number of aromatic nitrogens is 1. The first kappa shape index (κ1) is 13.4. The molecule has 6 nitrogen and oxygen atoms in total. The maximum Gasteiger partial charge on any atom is 0.352 e. The fourth-order valence-corrected chi connectivity index (χ4v) is 2.78. The zero-order valence-corrected chi connectivity index (χ0v) is 11.4. The summed E-state index contributed by atoms with van der Waals surface area (Å²) in [5.74, 6) is -1.89. The summed E-state index contributed by atoms with van der Waals surface area (Å²) in [6, 6.07) is 7.04. The summed E-state index contributed by atoms with van der Waals surface area (Å²) in [7, 11) is 1.68. The molecule has 1 aromatic heterocycles. The molecule has 0 bridgehead atoms. The van der Waals surface area contributed by atoms with Crippen molar-refractivity contribution in [3.63, 3.8) is 0 Å². The van der Waals surface area contributed by atoms with Crippen molar-refractivity contribution in [1.29, 1.82) is 0 Å². The minimum atomic E-state index is -0.990. The lowest BCUT2D eigenvalue weighted by Gasteiger charge is -2.21. The molecule has 6 heteroatoms. The van der Waals surface area contributed by atoms with Crippen LogP contribution in [-0.4, -0.2) is 27.5 Å². The minimum Gasteiger partial charge on any atom is -0.477 e. The minimum absolute atomic E-state index is 0.199. The lowest BCUT2D eigenvalue weighted by atomic mass is 9.90. The summed E-state index contributed by atoms with van der Waals surface area (Å²) in [5, 5.41) is 12.3. The summed E-state index contributed by atoms with van der Waals surface area (Å²) in [5.41, 5.74) is 1.76. The molecule has 1 aromatic carbocycles. The number of aromatic carboxylic acids is 1. The van der Waals surface area contributed by atoms with Crippen LogP contribution >= 0.6 is 0 Å². The highest BCUT2D eigenvalue weighted by Gasteiger charge is 2.28. The standard InChI is InChI=1S/C15H14N2O4/c1-17-11-6-8(10-4-5-13(18)16-14(10)19)2-3-9(11)7-12(17)15(20)21/h2-3,6-7,10H,4-5H2,1H3,(H,20,21)(H,16,18,19). The molecule has 0 aliphatic carbocycles. The molecule has 21 heavy (non-hydrogen) atoms. The number of piperidine rings is 1. The van der Waals surface area contributed by atoms with Crippen LogP contribution in [0.4, 0.5) is 0 Å². The van der Waals surface area contributed by atoms with Gasteiger partial charge >= 0.3 is 5.97 Å². The predicted molar refractivity (Wildman–Crippen MR) is 75.0 cm³/mol. The predicted octanol–water partition coefficient (Wildman–Crippen LogP) is 1.40. The molecule has 108 valence electrons. The molecular weight excluding hydrogens is 272 g/mol. The highest BCUT2D eigenvalue weighted by Crippen LogP contribution is 2.28. The third-order valence-corrected chi connectivity index (χ3v) is 3.93. The number of aryl methyl sites for hydroxylation is 1. The molecule has 0 saturated carbocycles. The van der Waals surface area contributed by atoms with Crippen molar-refractivity contribution in [1.82, 2.24) is 9.88 Å². The van der Waals surface area contributed by atoms with Gasteiger partial charge in [0.15, 0.2) is 0 Å². The quantitative estimate of drug-likeness (QED) is 0.817. The van der Waals surface area contributed by atoms with Crippen molar-refractivity contribution < 1.29 is 19.5 Å². The van der Waals surface area contributed by atoms with Crippen LogP contribution in [0.5, 0.6) is 0 Å². The number of amides is 2. The van der Waals surface area contributed by atoms with Gasteiger partial charge in [0.25, 0.3) is 0 Å². The van der Waals surface area contributed by atoms with Crippen LogP contribution in [0.15, 0.2) is 24.3 Å². The van der Waals surface area contributed by atoms with Crippen LogP contribution in [0.2, 0.25) is 0 Å². The van der Waals surface area contributed by atoms with E-state index in [9.17, 15) is 14.4 Å². The van der Waals surface area contributed by atoms with Gasteiger partial charge in [-0.3, -0.25) is 14.9 Å². The molecule has 2 amide bonds. The van der Waals surface area contributed by atoms with E-state index >= 15 is 0 Å². The number of nitrogens with one attached hydrogen (secondary N) is 1. The molecule has 1 aliphatic heterocycles.